The van der Waals surface area contributed by atoms with Gasteiger partial charge >= 0.3 is 0 Å². The molecule has 0 amide bonds. The minimum atomic E-state index is 0.641. The van der Waals surface area contributed by atoms with Crippen LogP contribution in [0.3, 0.4) is 0 Å². The van der Waals surface area contributed by atoms with Gasteiger partial charge in [-0.1, -0.05) is 6.42 Å². The molecule has 4 heteroatoms. The van der Waals surface area contributed by atoms with Crippen LogP contribution in [0.2, 0.25) is 0 Å². The molecule has 2 aliphatic carbocycles. The Kier molecular flexibility index (Phi) is 2.13. The Balaban J connectivity index is 1.67. The van der Waals surface area contributed by atoms with Gasteiger partial charge in [0, 0.05) is 12.0 Å². The maximum absolute atomic E-state index is 5.41. The number of aromatic amines is 1. The third-order valence-corrected chi connectivity index (χ3v) is 4.35. The molecule has 0 aliphatic heterocycles. The van der Waals surface area contributed by atoms with Gasteiger partial charge in [0.15, 0.2) is 5.65 Å². The fraction of sp³-hybridized carbons (Fsp3) is 0.571. The summed E-state index contributed by atoms with van der Waals surface area (Å²) in [4.78, 5) is 12.5. The molecule has 0 aromatic carbocycles. The molecule has 94 valence electrons. The van der Waals surface area contributed by atoms with E-state index in [-0.39, 0.29) is 0 Å². The molecule has 0 bridgehead atoms. The second-order valence-electron chi connectivity index (χ2n) is 5.36. The lowest BCUT2D eigenvalue weighted by atomic mass is 10.1. The largest absolute Gasteiger partial charge is 0.478 e. The van der Waals surface area contributed by atoms with Gasteiger partial charge in [-0.05, 0) is 37.7 Å². The van der Waals surface area contributed by atoms with Crippen molar-refractivity contribution in [2.24, 2.45) is 11.8 Å². The predicted octanol–water partition coefficient (Wildman–Crippen LogP) is 2.87. The summed E-state index contributed by atoms with van der Waals surface area (Å²) in [5.41, 5.74) is 1.82. The van der Waals surface area contributed by atoms with Gasteiger partial charge in [-0.3, -0.25) is 0 Å². The Labute approximate surface area is 106 Å². The van der Waals surface area contributed by atoms with Gasteiger partial charge in [0.2, 0.25) is 5.88 Å². The highest BCUT2D eigenvalue weighted by molar-refractivity contribution is 5.71. The molecule has 0 radical (unpaired) electrons. The summed E-state index contributed by atoms with van der Waals surface area (Å²) in [5.74, 6) is 4.25. The van der Waals surface area contributed by atoms with Crippen LogP contribution in [0.15, 0.2) is 12.1 Å². The first-order valence-electron chi connectivity index (χ1n) is 6.86. The lowest BCUT2D eigenvalue weighted by Gasteiger charge is -1.99. The lowest BCUT2D eigenvalue weighted by Crippen LogP contribution is -1.93. The van der Waals surface area contributed by atoms with Crippen LogP contribution in [0, 0.1) is 11.8 Å². The second kappa shape index (κ2) is 3.70. The van der Waals surface area contributed by atoms with Gasteiger partial charge in [0.25, 0.3) is 0 Å². The molecular formula is C14H17N3O. The lowest BCUT2D eigenvalue weighted by molar-refractivity contribution is 0.328. The third kappa shape index (κ3) is 1.44. The first-order valence-corrected chi connectivity index (χ1v) is 6.86. The van der Waals surface area contributed by atoms with Crippen LogP contribution >= 0.6 is 0 Å². The number of aromatic nitrogens is 3. The Morgan fingerprint density at radius 1 is 1.28 bits per heavy atom. The number of rotatable bonds is 3. The van der Waals surface area contributed by atoms with Gasteiger partial charge in [0.1, 0.15) is 5.82 Å². The molecular weight excluding hydrogens is 226 g/mol. The molecule has 2 atom stereocenters. The smallest absolute Gasteiger partial charge is 0.215 e. The van der Waals surface area contributed by atoms with Crippen molar-refractivity contribution in [3.63, 3.8) is 0 Å². The van der Waals surface area contributed by atoms with E-state index in [0.717, 1.165) is 28.8 Å². The van der Waals surface area contributed by atoms with Crippen LogP contribution in [0.5, 0.6) is 5.88 Å². The van der Waals surface area contributed by atoms with Crippen molar-refractivity contribution >= 4 is 11.2 Å². The zero-order chi connectivity index (χ0) is 12.1. The molecule has 2 saturated carbocycles. The minimum Gasteiger partial charge on any atom is -0.478 e. The quantitative estimate of drug-likeness (QED) is 0.901. The van der Waals surface area contributed by atoms with E-state index in [1.165, 1.54) is 19.3 Å². The van der Waals surface area contributed by atoms with E-state index in [1.807, 2.05) is 19.1 Å². The van der Waals surface area contributed by atoms with Gasteiger partial charge < -0.3 is 9.72 Å². The van der Waals surface area contributed by atoms with Crippen LogP contribution < -0.4 is 4.74 Å². The van der Waals surface area contributed by atoms with E-state index < -0.39 is 0 Å². The van der Waals surface area contributed by atoms with Crippen molar-refractivity contribution in [3.8, 4) is 5.88 Å². The average molecular weight is 243 g/mol. The monoisotopic (exact) mass is 243 g/mol. The molecule has 1 N–H and O–H groups in total. The van der Waals surface area contributed by atoms with Gasteiger partial charge in [0.05, 0.1) is 12.1 Å². The number of pyridine rings is 1. The predicted molar refractivity (Wildman–Crippen MR) is 68.6 cm³/mol. The third-order valence-electron chi connectivity index (χ3n) is 4.35. The summed E-state index contributed by atoms with van der Waals surface area (Å²) < 4.78 is 5.41. The standard InChI is InChI=1S/C14H17N3O/c1-2-18-11-7-6-10-13(16-11)17-14(15-10)12-8-4-3-5-9(8)12/h6-9,12H,2-5H2,1H3,(H,15,16,17). The maximum Gasteiger partial charge on any atom is 0.215 e. The molecule has 4 rings (SSSR count). The van der Waals surface area contributed by atoms with Crippen LogP contribution in [0.4, 0.5) is 0 Å². The molecule has 4 nitrogen and oxygen atoms in total. The van der Waals surface area contributed by atoms with E-state index >= 15 is 0 Å². The molecule has 2 aromatic rings. The number of nitrogens with zero attached hydrogens (tertiary/aromatic N) is 2. The van der Waals surface area contributed by atoms with Crippen molar-refractivity contribution < 1.29 is 4.74 Å². The normalized spacial score (nSPS) is 29.5. The zero-order valence-electron chi connectivity index (χ0n) is 10.5. The number of fused-ring (bicyclic) bond motifs is 2. The van der Waals surface area contributed by atoms with E-state index in [0.29, 0.717) is 18.4 Å². The van der Waals surface area contributed by atoms with E-state index in [2.05, 4.69) is 15.0 Å². The zero-order valence-corrected chi connectivity index (χ0v) is 10.5. The van der Waals surface area contributed by atoms with Crippen molar-refractivity contribution in [1.82, 2.24) is 15.0 Å². The molecule has 18 heavy (non-hydrogen) atoms. The highest BCUT2D eigenvalue weighted by Gasteiger charge is 2.54. The van der Waals surface area contributed by atoms with Crippen molar-refractivity contribution in [2.45, 2.75) is 32.1 Å². The van der Waals surface area contributed by atoms with E-state index in [9.17, 15) is 0 Å². The van der Waals surface area contributed by atoms with Crippen molar-refractivity contribution in [2.75, 3.05) is 6.61 Å². The van der Waals surface area contributed by atoms with Crippen LogP contribution in [-0.2, 0) is 0 Å². The van der Waals surface area contributed by atoms with Crippen LogP contribution in [-0.4, -0.2) is 21.6 Å². The fourth-order valence-corrected chi connectivity index (χ4v) is 3.51. The Hall–Kier alpha value is -1.58. The van der Waals surface area contributed by atoms with E-state index in [4.69, 9.17) is 4.74 Å². The van der Waals surface area contributed by atoms with Crippen LogP contribution in [0.25, 0.3) is 11.2 Å². The van der Waals surface area contributed by atoms with E-state index in [1.54, 1.807) is 0 Å². The highest BCUT2D eigenvalue weighted by Crippen LogP contribution is 2.62. The average Bonchev–Trinajstić information content (AvgIpc) is 2.79. The molecule has 0 spiro atoms. The van der Waals surface area contributed by atoms with Crippen LogP contribution in [0.1, 0.15) is 37.9 Å². The number of nitrogens with one attached hydrogen (secondary N) is 1. The summed E-state index contributed by atoms with van der Waals surface area (Å²) in [6.45, 7) is 2.61. The topological polar surface area (TPSA) is 50.8 Å². The number of hydrogen-bond acceptors (Lipinski definition) is 3. The molecule has 2 unspecified atom stereocenters. The highest BCUT2D eigenvalue weighted by atomic mass is 16.5. The fourth-order valence-electron chi connectivity index (χ4n) is 3.51. The number of hydrogen-bond donors (Lipinski definition) is 1. The number of ether oxygens (including phenoxy) is 1. The van der Waals surface area contributed by atoms with Gasteiger partial charge in [-0.2, -0.15) is 4.98 Å². The summed E-state index contributed by atoms with van der Waals surface area (Å²) in [5, 5.41) is 0. The second-order valence-corrected chi connectivity index (χ2v) is 5.36. The van der Waals surface area contributed by atoms with Crippen molar-refractivity contribution in [1.29, 1.82) is 0 Å². The molecule has 2 aromatic heterocycles. The Bertz CT molecular complexity index is 582. The minimum absolute atomic E-state index is 0.641. The molecule has 2 heterocycles. The molecule has 0 saturated heterocycles. The summed E-state index contributed by atoms with van der Waals surface area (Å²) in [6.07, 6.45) is 4.16. The Morgan fingerprint density at radius 3 is 2.89 bits per heavy atom. The first kappa shape index (κ1) is 10.4. The summed E-state index contributed by atoms with van der Waals surface area (Å²) in [7, 11) is 0. The molecule has 2 aliphatic rings. The van der Waals surface area contributed by atoms with Gasteiger partial charge in [-0.15, -0.1) is 0 Å². The maximum atomic E-state index is 5.41. The molecule has 2 fully saturated rings. The summed E-state index contributed by atoms with van der Waals surface area (Å²) in [6, 6.07) is 3.92. The number of imidazole rings is 1. The Morgan fingerprint density at radius 2 is 2.11 bits per heavy atom. The first-order chi connectivity index (χ1) is 8.86. The SMILES string of the molecule is CCOc1ccc2[nH]c(C3C4CCCC43)nc2n1. The van der Waals surface area contributed by atoms with Gasteiger partial charge in [-0.25, -0.2) is 4.98 Å². The van der Waals surface area contributed by atoms with Crippen molar-refractivity contribution in [3.05, 3.63) is 18.0 Å². The number of H-pyrrole nitrogens is 1. The summed E-state index contributed by atoms with van der Waals surface area (Å²) >= 11 is 0.